The van der Waals surface area contributed by atoms with Gasteiger partial charge in [0.05, 0.1) is 12.1 Å². The Morgan fingerprint density at radius 3 is 3.00 bits per heavy atom. The smallest absolute Gasteiger partial charge is 0.138 e. The fourth-order valence-electron chi connectivity index (χ4n) is 1.15. The first kappa shape index (κ1) is 9.92. The molecule has 1 aromatic rings. The maximum absolute atomic E-state index is 11.3. The normalized spacial score (nSPS) is 10.3. The molecule has 0 aliphatic rings. The Kier molecular flexibility index (Phi) is 3.64. The van der Waals surface area contributed by atoms with Crippen LogP contribution in [0, 0.1) is 0 Å². The van der Waals surface area contributed by atoms with Crippen molar-refractivity contribution in [1.82, 2.24) is 9.78 Å². The molecule has 0 radical (unpaired) electrons. The zero-order chi connectivity index (χ0) is 9.68. The topological polar surface area (TPSA) is 60.9 Å². The SMILES string of the molecule is Cn1ccc(CC(=O)CCCN)n1. The van der Waals surface area contributed by atoms with Gasteiger partial charge in [0, 0.05) is 19.7 Å². The molecular formula is C9H15N3O. The van der Waals surface area contributed by atoms with Gasteiger partial charge >= 0.3 is 0 Å². The lowest BCUT2D eigenvalue weighted by Crippen LogP contribution is -2.07. The third-order valence-corrected chi connectivity index (χ3v) is 1.81. The summed E-state index contributed by atoms with van der Waals surface area (Å²) in [4.78, 5) is 11.3. The van der Waals surface area contributed by atoms with Crippen LogP contribution in [0.3, 0.4) is 0 Å². The summed E-state index contributed by atoms with van der Waals surface area (Å²) < 4.78 is 1.70. The quantitative estimate of drug-likeness (QED) is 0.709. The highest BCUT2D eigenvalue weighted by molar-refractivity contribution is 5.80. The monoisotopic (exact) mass is 181 g/mol. The van der Waals surface area contributed by atoms with Crippen LogP contribution >= 0.6 is 0 Å². The molecule has 4 heteroatoms. The minimum atomic E-state index is 0.212. The molecule has 0 saturated carbocycles. The summed E-state index contributed by atoms with van der Waals surface area (Å²) >= 11 is 0. The largest absolute Gasteiger partial charge is 0.330 e. The highest BCUT2D eigenvalue weighted by Crippen LogP contribution is 1.99. The number of carbonyl (C=O) groups excluding carboxylic acids is 1. The number of ketones is 1. The number of rotatable bonds is 5. The predicted molar refractivity (Wildman–Crippen MR) is 50.2 cm³/mol. The van der Waals surface area contributed by atoms with Crippen molar-refractivity contribution in [2.75, 3.05) is 6.54 Å². The number of carbonyl (C=O) groups is 1. The first-order valence-corrected chi connectivity index (χ1v) is 4.42. The number of hydrogen-bond donors (Lipinski definition) is 1. The van der Waals surface area contributed by atoms with Crippen molar-refractivity contribution in [3.8, 4) is 0 Å². The van der Waals surface area contributed by atoms with E-state index < -0.39 is 0 Å². The maximum atomic E-state index is 11.3. The third kappa shape index (κ3) is 3.38. The second-order valence-electron chi connectivity index (χ2n) is 3.09. The highest BCUT2D eigenvalue weighted by Gasteiger charge is 2.04. The van der Waals surface area contributed by atoms with Gasteiger partial charge < -0.3 is 5.73 Å². The molecule has 13 heavy (non-hydrogen) atoms. The number of nitrogens with two attached hydrogens (primary N) is 1. The van der Waals surface area contributed by atoms with E-state index >= 15 is 0 Å². The average Bonchev–Trinajstić information content (AvgIpc) is 2.48. The second kappa shape index (κ2) is 4.77. The van der Waals surface area contributed by atoms with Gasteiger partial charge in [-0.2, -0.15) is 5.10 Å². The van der Waals surface area contributed by atoms with Gasteiger partial charge in [0.2, 0.25) is 0 Å². The lowest BCUT2D eigenvalue weighted by Gasteiger charge is -1.95. The van der Waals surface area contributed by atoms with Crippen LogP contribution in [-0.2, 0) is 18.3 Å². The summed E-state index contributed by atoms with van der Waals surface area (Å²) in [6.07, 6.45) is 3.60. The number of Topliss-reactive ketones (excluding diaryl/α,β-unsaturated/α-hetero) is 1. The minimum absolute atomic E-state index is 0.212. The average molecular weight is 181 g/mol. The molecule has 0 atom stereocenters. The maximum Gasteiger partial charge on any atom is 0.138 e. The molecule has 2 N–H and O–H groups in total. The van der Waals surface area contributed by atoms with Gasteiger partial charge in [0.1, 0.15) is 5.78 Å². The van der Waals surface area contributed by atoms with Crippen molar-refractivity contribution in [2.45, 2.75) is 19.3 Å². The summed E-state index contributed by atoms with van der Waals surface area (Å²) in [7, 11) is 1.84. The van der Waals surface area contributed by atoms with Crippen LogP contribution in [0.5, 0.6) is 0 Å². The van der Waals surface area contributed by atoms with E-state index in [0.717, 1.165) is 12.1 Å². The Morgan fingerprint density at radius 1 is 1.69 bits per heavy atom. The van der Waals surface area contributed by atoms with E-state index in [4.69, 9.17) is 5.73 Å². The zero-order valence-corrected chi connectivity index (χ0v) is 7.86. The van der Waals surface area contributed by atoms with Gasteiger partial charge in [-0.15, -0.1) is 0 Å². The Bertz CT molecular complexity index is 280. The Hall–Kier alpha value is -1.16. The van der Waals surface area contributed by atoms with E-state index in [0.29, 0.717) is 19.4 Å². The minimum Gasteiger partial charge on any atom is -0.330 e. The zero-order valence-electron chi connectivity index (χ0n) is 7.86. The van der Waals surface area contributed by atoms with Gasteiger partial charge in [-0.1, -0.05) is 0 Å². The van der Waals surface area contributed by atoms with Crippen molar-refractivity contribution in [3.05, 3.63) is 18.0 Å². The molecule has 0 amide bonds. The molecule has 0 aliphatic carbocycles. The van der Waals surface area contributed by atoms with Gasteiger partial charge in [-0.05, 0) is 19.0 Å². The van der Waals surface area contributed by atoms with Crippen molar-refractivity contribution < 1.29 is 4.79 Å². The van der Waals surface area contributed by atoms with Crippen LogP contribution in [0.25, 0.3) is 0 Å². The lowest BCUT2D eigenvalue weighted by atomic mass is 10.1. The fourth-order valence-corrected chi connectivity index (χ4v) is 1.15. The van der Waals surface area contributed by atoms with Crippen LogP contribution in [-0.4, -0.2) is 22.1 Å². The molecule has 1 aromatic heterocycles. The van der Waals surface area contributed by atoms with Gasteiger partial charge in [0.25, 0.3) is 0 Å². The molecule has 0 saturated heterocycles. The van der Waals surface area contributed by atoms with E-state index in [2.05, 4.69) is 5.10 Å². The van der Waals surface area contributed by atoms with E-state index in [-0.39, 0.29) is 5.78 Å². The summed E-state index contributed by atoms with van der Waals surface area (Å²) in [5.74, 6) is 0.212. The Balaban J connectivity index is 2.36. The van der Waals surface area contributed by atoms with E-state index in [9.17, 15) is 4.79 Å². The van der Waals surface area contributed by atoms with Crippen LogP contribution in [0.4, 0.5) is 0 Å². The molecule has 0 spiro atoms. The molecule has 0 bridgehead atoms. The molecule has 0 aromatic carbocycles. The Labute approximate surface area is 77.7 Å². The van der Waals surface area contributed by atoms with Gasteiger partial charge in [-0.25, -0.2) is 0 Å². The van der Waals surface area contributed by atoms with Crippen LogP contribution in [0.2, 0.25) is 0 Å². The molecule has 0 unspecified atom stereocenters. The molecule has 0 aliphatic heterocycles. The van der Waals surface area contributed by atoms with Crippen LogP contribution in [0.15, 0.2) is 12.3 Å². The van der Waals surface area contributed by atoms with Crippen molar-refractivity contribution in [3.63, 3.8) is 0 Å². The standard InChI is InChI=1S/C9H15N3O/c1-12-6-4-8(11-12)7-9(13)3-2-5-10/h4,6H,2-3,5,7,10H2,1H3. The summed E-state index contributed by atoms with van der Waals surface area (Å²) in [6.45, 7) is 0.577. The molecule has 72 valence electrons. The predicted octanol–water partition coefficient (Wildman–Crippen LogP) is 0.271. The Morgan fingerprint density at radius 2 is 2.46 bits per heavy atom. The number of nitrogens with zero attached hydrogens (tertiary/aromatic N) is 2. The van der Waals surface area contributed by atoms with Crippen molar-refractivity contribution >= 4 is 5.78 Å². The third-order valence-electron chi connectivity index (χ3n) is 1.81. The number of hydrogen-bond acceptors (Lipinski definition) is 3. The number of aryl methyl sites for hydroxylation is 1. The van der Waals surface area contributed by atoms with Crippen LogP contribution in [0.1, 0.15) is 18.5 Å². The molecule has 4 nitrogen and oxygen atoms in total. The molecule has 0 fully saturated rings. The molecule has 1 rings (SSSR count). The molecule has 1 heterocycles. The second-order valence-corrected chi connectivity index (χ2v) is 3.09. The summed E-state index contributed by atoms with van der Waals surface area (Å²) in [5.41, 5.74) is 6.14. The first-order chi connectivity index (χ1) is 6.22. The van der Waals surface area contributed by atoms with E-state index in [1.807, 2.05) is 19.3 Å². The molecular weight excluding hydrogens is 166 g/mol. The lowest BCUT2D eigenvalue weighted by molar-refractivity contribution is -0.118. The van der Waals surface area contributed by atoms with E-state index in [1.54, 1.807) is 4.68 Å². The van der Waals surface area contributed by atoms with Crippen LogP contribution < -0.4 is 5.73 Å². The van der Waals surface area contributed by atoms with Gasteiger partial charge in [0.15, 0.2) is 0 Å². The summed E-state index contributed by atoms with van der Waals surface area (Å²) in [5, 5.41) is 4.12. The van der Waals surface area contributed by atoms with Gasteiger partial charge in [-0.3, -0.25) is 9.48 Å². The number of aromatic nitrogens is 2. The fraction of sp³-hybridized carbons (Fsp3) is 0.556. The highest BCUT2D eigenvalue weighted by atomic mass is 16.1. The summed E-state index contributed by atoms with van der Waals surface area (Å²) in [6, 6.07) is 1.86. The van der Waals surface area contributed by atoms with Crippen molar-refractivity contribution in [2.24, 2.45) is 12.8 Å². The first-order valence-electron chi connectivity index (χ1n) is 4.42. The van der Waals surface area contributed by atoms with Crippen molar-refractivity contribution in [1.29, 1.82) is 0 Å². The van der Waals surface area contributed by atoms with E-state index in [1.165, 1.54) is 0 Å².